The van der Waals surface area contributed by atoms with E-state index in [1.807, 2.05) is 7.05 Å². The lowest BCUT2D eigenvalue weighted by Gasteiger charge is -2.20. The quantitative estimate of drug-likeness (QED) is 0.0275. The molecule has 0 aromatic rings. The second kappa shape index (κ2) is 58.3. The minimum atomic E-state index is -0.436. The number of alkyl carbamates (subject to hydrolysis) is 1. The fraction of sp³-hybridized carbons (Fsp3) is 0.879. The summed E-state index contributed by atoms with van der Waals surface area (Å²) in [7, 11) is 2.02. The van der Waals surface area contributed by atoms with Crippen LogP contribution in [0.15, 0.2) is 24.3 Å². The lowest BCUT2D eigenvalue weighted by Crippen LogP contribution is -2.35. The van der Waals surface area contributed by atoms with E-state index in [4.69, 9.17) is 18.9 Å². The van der Waals surface area contributed by atoms with Crippen LogP contribution in [0, 0.1) is 5.92 Å². The Hall–Kier alpha value is -2.88. The fourth-order valence-electron chi connectivity index (χ4n) is 9.65. The Balaban J connectivity index is 5.10. The summed E-state index contributed by atoms with van der Waals surface area (Å²) in [5.41, 5.74) is 0. The van der Waals surface area contributed by atoms with Crippen LogP contribution in [0.1, 0.15) is 317 Å². The molecule has 0 saturated carbocycles. The minimum Gasteiger partial charge on any atom is -0.465 e. The first-order chi connectivity index (χ1) is 37.2. The van der Waals surface area contributed by atoms with E-state index < -0.39 is 6.09 Å². The first-order valence-electron chi connectivity index (χ1n) is 32.6. The molecule has 0 aliphatic rings. The lowest BCUT2D eigenvalue weighted by atomic mass is 10.0. The highest BCUT2D eigenvalue weighted by Gasteiger charge is 2.20. The highest BCUT2D eigenvalue weighted by Crippen LogP contribution is 2.21. The maximum absolute atomic E-state index is 13.2. The molecule has 1 N–H and O–H groups in total. The van der Waals surface area contributed by atoms with Gasteiger partial charge >= 0.3 is 24.0 Å². The molecule has 0 radical (unpaired) electrons. The van der Waals surface area contributed by atoms with Crippen molar-refractivity contribution >= 4 is 24.0 Å². The number of esters is 3. The van der Waals surface area contributed by atoms with Crippen LogP contribution in [0.25, 0.3) is 0 Å². The summed E-state index contributed by atoms with van der Waals surface area (Å²) in [6.45, 7) is 13.6. The second-order valence-corrected chi connectivity index (χ2v) is 22.4. The van der Waals surface area contributed by atoms with Gasteiger partial charge in [0.05, 0.1) is 13.2 Å². The minimum absolute atomic E-state index is 0.0290. The normalized spacial score (nSPS) is 12.9. The standard InChI is InChI=1S/C66H124N2O8/c1-7-12-16-20-24-25-26-27-28-29-30-31-33-40-46-52-63(69)73-58-60(59-74-64(70)55-54-62(51-45-38-23-19-15-10-4)76-66(72)67-56-57-68(6)11-5)48-42-36-34-35-41-47-53-65(71)75-61(49-43-37-22-18-14-9-3)50-44-39-32-21-17-13-8-2/h24-25,27-28,60-62H,7-23,26,29-59H2,1-6H3,(H,67,72)/b25-24-,28-27-. The first kappa shape index (κ1) is 73.1. The Bertz CT molecular complexity index is 1350. The van der Waals surface area contributed by atoms with E-state index in [2.05, 4.69) is 69.1 Å². The Morgan fingerprint density at radius 1 is 0.408 bits per heavy atom. The third-order valence-electron chi connectivity index (χ3n) is 15.0. The lowest BCUT2D eigenvalue weighted by molar-refractivity contribution is -0.151. The third kappa shape index (κ3) is 53.1. The largest absolute Gasteiger partial charge is 0.465 e. The number of ether oxygens (including phenoxy) is 4. The summed E-state index contributed by atoms with van der Waals surface area (Å²) in [5.74, 6) is -0.604. The molecule has 76 heavy (non-hydrogen) atoms. The number of carbonyl (C=O) groups is 4. The summed E-state index contributed by atoms with van der Waals surface area (Å²) in [6, 6.07) is 0. The van der Waals surface area contributed by atoms with Gasteiger partial charge in [0.1, 0.15) is 12.2 Å². The van der Waals surface area contributed by atoms with Gasteiger partial charge in [-0.3, -0.25) is 14.4 Å². The van der Waals surface area contributed by atoms with Gasteiger partial charge < -0.3 is 29.2 Å². The van der Waals surface area contributed by atoms with Crippen LogP contribution in [-0.4, -0.2) is 81.0 Å². The van der Waals surface area contributed by atoms with E-state index in [0.29, 0.717) is 25.8 Å². The number of unbranched alkanes of at least 4 members (excludes halogenated alkanes) is 29. The molecular formula is C66H124N2O8. The van der Waals surface area contributed by atoms with Gasteiger partial charge in [-0.2, -0.15) is 0 Å². The Kier molecular flexibility index (Phi) is 56.1. The Morgan fingerprint density at radius 2 is 0.789 bits per heavy atom. The van der Waals surface area contributed by atoms with Crippen molar-refractivity contribution in [3.05, 3.63) is 24.3 Å². The SMILES string of the molecule is CCCCC/C=C\C/C=C\CCCCCCCC(=O)OCC(CCCCCCCCC(=O)OC(CCCCCCCC)CCCCCCCCC)COC(=O)CCC(CCCCCCCC)OC(=O)NCCN(C)CC. The van der Waals surface area contributed by atoms with Crippen LogP contribution < -0.4 is 5.32 Å². The molecule has 0 aliphatic heterocycles. The number of carbonyl (C=O) groups excluding carboxylic acids is 4. The van der Waals surface area contributed by atoms with Crippen molar-refractivity contribution in [3.63, 3.8) is 0 Å². The van der Waals surface area contributed by atoms with Crippen LogP contribution in [-0.2, 0) is 33.3 Å². The molecule has 0 aliphatic carbocycles. The van der Waals surface area contributed by atoms with Crippen molar-refractivity contribution in [1.29, 1.82) is 0 Å². The molecule has 446 valence electrons. The predicted octanol–water partition coefficient (Wildman–Crippen LogP) is 19.0. The van der Waals surface area contributed by atoms with Gasteiger partial charge in [-0.05, 0) is 110 Å². The van der Waals surface area contributed by atoms with Crippen molar-refractivity contribution in [2.24, 2.45) is 5.92 Å². The zero-order chi connectivity index (χ0) is 55.6. The van der Waals surface area contributed by atoms with E-state index in [1.54, 1.807) is 0 Å². The topological polar surface area (TPSA) is 120 Å². The number of nitrogens with zero attached hydrogens (tertiary/aromatic N) is 1. The summed E-state index contributed by atoms with van der Waals surface area (Å²) in [5, 5.41) is 2.87. The van der Waals surface area contributed by atoms with Crippen molar-refractivity contribution in [2.45, 2.75) is 329 Å². The first-order valence-corrected chi connectivity index (χ1v) is 32.6. The molecule has 3 atom stereocenters. The zero-order valence-corrected chi connectivity index (χ0v) is 50.9. The molecule has 10 heteroatoms. The number of allylic oxidation sites excluding steroid dienone is 4. The number of likely N-dealkylation sites (N-methyl/N-ethyl adjacent to an activating group) is 1. The van der Waals surface area contributed by atoms with Gasteiger partial charge in [0.15, 0.2) is 0 Å². The van der Waals surface area contributed by atoms with Crippen LogP contribution in [0.3, 0.4) is 0 Å². The third-order valence-corrected chi connectivity index (χ3v) is 15.0. The molecule has 0 heterocycles. The molecule has 0 aromatic carbocycles. The van der Waals surface area contributed by atoms with Gasteiger partial charge in [-0.15, -0.1) is 0 Å². The van der Waals surface area contributed by atoms with Gasteiger partial charge in [-0.1, -0.05) is 226 Å². The van der Waals surface area contributed by atoms with E-state index in [-0.39, 0.29) is 55.7 Å². The summed E-state index contributed by atoms with van der Waals surface area (Å²) < 4.78 is 23.6. The average Bonchev–Trinajstić information content (AvgIpc) is 3.41. The fourth-order valence-corrected chi connectivity index (χ4v) is 9.65. The number of rotatable bonds is 58. The number of hydrogen-bond donors (Lipinski definition) is 1. The number of hydrogen-bond acceptors (Lipinski definition) is 9. The molecule has 0 rings (SSSR count). The van der Waals surface area contributed by atoms with Crippen LogP contribution in [0.4, 0.5) is 4.79 Å². The van der Waals surface area contributed by atoms with Gasteiger partial charge in [0, 0.05) is 38.3 Å². The van der Waals surface area contributed by atoms with Gasteiger partial charge in [0.2, 0.25) is 0 Å². The maximum Gasteiger partial charge on any atom is 0.407 e. The average molecular weight is 1070 g/mol. The molecule has 1 amide bonds. The van der Waals surface area contributed by atoms with Crippen molar-refractivity contribution in [2.75, 3.05) is 39.9 Å². The Morgan fingerprint density at radius 3 is 1.28 bits per heavy atom. The van der Waals surface area contributed by atoms with E-state index in [1.165, 1.54) is 128 Å². The predicted molar refractivity (Wildman–Crippen MR) is 321 cm³/mol. The molecule has 0 fully saturated rings. The monoisotopic (exact) mass is 1070 g/mol. The van der Waals surface area contributed by atoms with E-state index in [0.717, 1.165) is 142 Å². The van der Waals surface area contributed by atoms with Crippen molar-refractivity contribution in [3.8, 4) is 0 Å². The van der Waals surface area contributed by atoms with Crippen molar-refractivity contribution < 1.29 is 38.1 Å². The molecule has 0 spiro atoms. The smallest absolute Gasteiger partial charge is 0.407 e. The van der Waals surface area contributed by atoms with E-state index >= 15 is 0 Å². The van der Waals surface area contributed by atoms with Crippen LogP contribution in [0.2, 0.25) is 0 Å². The van der Waals surface area contributed by atoms with Crippen LogP contribution in [0.5, 0.6) is 0 Å². The summed E-state index contributed by atoms with van der Waals surface area (Å²) >= 11 is 0. The van der Waals surface area contributed by atoms with Gasteiger partial charge in [-0.25, -0.2) is 4.79 Å². The summed E-state index contributed by atoms with van der Waals surface area (Å²) in [4.78, 5) is 54.0. The molecular weight excluding hydrogens is 949 g/mol. The van der Waals surface area contributed by atoms with Crippen molar-refractivity contribution in [1.82, 2.24) is 10.2 Å². The van der Waals surface area contributed by atoms with Crippen LogP contribution >= 0.6 is 0 Å². The number of nitrogens with one attached hydrogen (secondary N) is 1. The zero-order valence-electron chi connectivity index (χ0n) is 50.9. The van der Waals surface area contributed by atoms with E-state index in [9.17, 15) is 19.2 Å². The molecule has 10 nitrogen and oxygen atoms in total. The van der Waals surface area contributed by atoms with Gasteiger partial charge in [0.25, 0.3) is 0 Å². The second-order valence-electron chi connectivity index (χ2n) is 22.4. The molecule has 3 unspecified atom stereocenters. The maximum atomic E-state index is 13.2. The summed E-state index contributed by atoms with van der Waals surface area (Å²) in [6.07, 6.45) is 55.1. The molecule has 0 aromatic heterocycles. The highest BCUT2D eigenvalue weighted by molar-refractivity contribution is 5.70. The molecule has 0 bridgehead atoms. The Labute approximate surface area is 469 Å². The highest BCUT2D eigenvalue weighted by atomic mass is 16.6. The molecule has 0 saturated heterocycles. The number of amides is 1.